The quantitative estimate of drug-likeness (QED) is 0.585. The molecule has 0 nitrogen and oxygen atoms in total. The second-order valence-corrected chi connectivity index (χ2v) is 9.77. The third-order valence-corrected chi connectivity index (χ3v) is 9.76. The zero-order chi connectivity index (χ0) is 11.3. The van der Waals surface area contributed by atoms with Gasteiger partial charge in [0.2, 0.25) is 0 Å². The maximum atomic E-state index is 4.30. The molecule has 0 radical (unpaired) electrons. The van der Waals surface area contributed by atoms with E-state index in [2.05, 4.69) is 57.7 Å². The lowest BCUT2D eigenvalue weighted by Gasteiger charge is -2.28. The first-order valence-corrected chi connectivity index (χ1v) is 9.18. The van der Waals surface area contributed by atoms with Crippen LogP contribution >= 0.6 is 12.6 Å². The zero-order valence-corrected chi connectivity index (χ0v) is 12.0. The van der Waals surface area contributed by atoms with E-state index >= 15 is 0 Å². The fraction of sp³-hybridized carbons (Fsp3) is 0.538. The van der Waals surface area contributed by atoms with Crippen molar-refractivity contribution in [1.82, 2.24) is 0 Å². The molecule has 0 fully saturated rings. The standard InChI is InChI=1S/C13H22SSi/c1-4-15(5-2,6-3)13-9-7-12(11-14)8-10-13/h7-10,14H,4-6,11H2,1-3H3. The third kappa shape index (κ3) is 2.67. The summed E-state index contributed by atoms with van der Waals surface area (Å²) in [5.74, 6) is 0.846. The van der Waals surface area contributed by atoms with Crippen LogP contribution < -0.4 is 5.19 Å². The lowest BCUT2D eigenvalue weighted by atomic mass is 10.2. The van der Waals surface area contributed by atoms with E-state index in [9.17, 15) is 0 Å². The van der Waals surface area contributed by atoms with Gasteiger partial charge in [-0.2, -0.15) is 12.6 Å². The van der Waals surface area contributed by atoms with Crippen molar-refractivity contribution < 1.29 is 0 Å². The summed E-state index contributed by atoms with van der Waals surface area (Å²) in [6, 6.07) is 13.2. The Kier molecular flexibility index (Phi) is 4.93. The highest BCUT2D eigenvalue weighted by Gasteiger charge is 2.28. The molecule has 0 atom stereocenters. The van der Waals surface area contributed by atoms with Crippen molar-refractivity contribution in [3.63, 3.8) is 0 Å². The summed E-state index contributed by atoms with van der Waals surface area (Å²) in [5.41, 5.74) is 1.33. The predicted molar refractivity (Wildman–Crippen MR) is 76.0 cm³/mol. The van der Waals surface area contributed by atoms with E-state index in [4.69, 9.17) is 0 Å². The van der Waals surface area contributed by atoms with Crippen molar-refractivity contribution in [2.45, 2.75) is 44.7 Å². The van der Waals surface area contributed by atoms with Crippen LogP contribution in [-0.2, 0) is 5.75 Å². The molecule has 0 bridgehead atoms. The molecule has 1 rings (SSSR count). The lowest BCUT2D eigenvalue weighted by molar-refractivity contribution is 1.19. The van der Waals surface area contributed by atoms with Gasteiger partial charge < -0.3 is 0 Å². The molecule has 0 aliphatic rings. The molecule has 0 heterocycles. The molecule has 0 saturated carbocycles. The molecule has 0 unspecified atom stereocenters. The summed E-state index contributed by atoms with van der Waals surface area (Å²) in [5, 5.41) is 1.63. The first-order valence-electron chi connectivity index (χ1n) is 5.92. The largest absolute Gasteiger partial charge is 0.175 e. The molecular weight excluding hydrogens is 216 g/mol. The Morgan fingerprint density at radius 3 is 1.73 bits per heavy atom. The van der Waals surface area contributed by atoms with E-state index in [1.807, 2.05) is 0 Å². The highest BCUT2D eigenvalue weighted by Crippen LogP contribution is 2.20. The maximum Gasteiger partial charge on any atom is 0.0859 e. The zero-order valence-electron chi connectivity index (χ0n) is 10.1. The normalized spacial score (nSPS) is 11.7. The molecule has 1 aromatic carbocycles. The molecule has 1 aromatic rings. The van der Waals surface area contributed by atoms with Gasteiger partial charge >= 0.3 is 0 Å². The number of hydrogen-bond acceptors (Lipinski definition) is 1. The molecule has 84 valence electrons. The second kappa shape index (κ2) is 5.76. The van der Waals surface area contributed by atoms with Gasteiger partial charge in [0.05, 0.1) is 8.07 Å². The first kappa shape index (κ1) is 12.9. The van der Waals surface area contributed by atoms with Crippen LogP contribution in [0.5, 0.6) is 0 Å². The van der Waals surface area contributed by atoms with Crippen LogP contribution in [0, 0.1) is 0 Å². The first-order chi connectivity index (χ1) is 7.22. The summed E-state index contributed by atoms with van der Waals surface area (Å²) >= 11 is 4.30. The maximum absolute atomic E-state index is 4.30. The minimum absolute atomic E-state index is 0.846. The van der Waals surface area contributed by atoms with Gasteiger partial charge in [-0.25, -0.2) is 0 Å². The molecule has 2 heteroatoms. The van der Waals surface area contributed by atoms with Crippen LogP contribution in [0.15, 0.2) is 24.3 Å². The minimum Gasteiger partial charge on any atom is -0.175 e. The number of hydrogen-bond donors (Lipinski definition) is 1. The number of benzene rings is 1. The third-order valence-electron chi connectivity index (χ3n) is 3.78. The Morgan fingerprint density at radius 2 is 1.40 bits per heavy atom. The van der Waals surface area contributed by atoms with E-state index in [0.717, 1.165) is 5.75 Å². The van der Waals surface area contributed by atoms with Gasteiger partial charge in [-0.15, -0.1) is 0 Å². The van der Waals surface area contributed by atoms with Crippen molar-refractivity contribution in [2.75, 3.05) is 0 Å². The van der Waals surface area contributed by atoms with E-state index < -0.39 is 8.07 Å². The van der Waals surface area contributed by atoms with E-state index in [0.29, 0.717) is 0 Å². The Hall–Kier alpha value is -0.213. The predicted octanol–water partition coefficient (Wildman–Crippen LogP) is 3.83. The van der Waals surface area contributed by atoms with Crippen molar-refractivity contribution in [2.24, 2.45) is 0 Å². The number of rotatable bonds is 5. The van der Waals surface area contributed by atoms with Crippen LogP contribution in [0.4, 0.5) is 0 Å². The smallest absolute Gasteiger partial charge is 0.0859 e. The molecule has 0 aromatic heterocycles. The molecule has 0 aliphatic heterocycles. The topological polar surface area (TPSA) is 0 Å². The van der Waals surface area contributed by atoms with Gasteiger partial charge in [0, 0.05) is 5.75 Å². The van der Waals surface area contributed by atoms with Crippen LogP contribution in [0.25, 0.3) is 0 Å². The molecule has 15 heavy (non-hydrogen) atoms. The minimum atomic E-state index is -1.15. The van der Waals surface area contributed by atoms with Crippen molar-refractivity contribution in [3.8, 4) is 0 Å². The highest BCUT2D eigenvalue weighted by atomic mass is 32.1. The van der Waals surface area contributed by atoms with Crippen molar-refractivity contribution in [3.05, 3.63) is 29.8 Å². The van der Waals surface area contributed by atoms with Crippen LogP contribution in [0.1, 0.15) is 26.3 Å². The van der Waals surface area contributed by atoms with Crippen molar-refractivity contribution in [1.29, 1.82) is 0 Å². The Morgan fingerprint density at radius 1 is 0.933 bits per heavy atom. The fourth-order valence-corrected chi connectivity index (χ4v) is 6.14. The van der Waals surface area contributed by atoms with Gasteiger partial charge in [-0.1, -0.05) is 68.4 Å². The van der Waals surface area contributed by atoms with E-state index in [1.54, 1.807) is 5.19 Å². The van der Waals surface area contributed by atoms with Gasteiger partial charge in [0.25, 0.3) is 0 Å². The Bertz CT molecular complexity index is 280. The molecule has 0 saturated heterocycles. The van der Waals surface area contributed by atoms with Gasteiger partial charge in [0.15, 0.2) is 0 Å². The average Bonchev–Trinajstić information content (AvgIpc) is 2.33. The van der Waals surface area contributed by atoms with Crippen molar-refractivity contribution >= 4 is 25.9 Å². The second-order valence-electron chi connectivity index (χ2n) is 4.20. The van der Waals surface area contributed by atoms with Crippen LogP contribution in [0.3, 0.4) is 0 Å². The molecule has 0 aliphatic carbocycles. The van der Waals surface area contributed by atoms with Crippen LogP contribution in [0.2, 0.25) is 18.1 Å². The van der Waals surface area contributed by atoms with Gasteiger partial charge in [-0.3, -0.25) is 0 Å². The monoisotopic (exact) mass is 238 g/mol. The van der Waals surface area contributed by atoms with Crippen LogP contribution in [-0.4, -0.2) is 8.07 Å². The summed E-state index contributed by atoms with van der Waals surface area (Å²) in [6.07, 6.45) is 0. The number of thiol groups is 1. The Balaban J connectivity index is 3.01. The summed E-state index contributed by atoms with van der Waals surface area (Å²) in [4.78, 5) is 0. The van der Waals surface area contributed by atoms with E-state index in [1.165, 1.54) is 23.7 Å². The fourth-order valence-electron chi connectivity index (χ4n) is 2.33. The van der Waals surface area contributed by atoms with Gasteiger partial charge in [0.1, 0.15) is 0 Å². The summed E-state index contributed by atoms with van der Waals surface area (Å²) in [7, 11) is -1.15. The summed E-state index contributed by atoms with van der Waals surface area (Å²) in [6.45, 7) is 7.06. The SMILES string of the molecule is CC[Si](CC)(CC)c1ccc(CS)cc1. The van der Waals surface area contributed by atoms with Gasteiger partial charge in [-0.05, 0) is 5.56 Å². The van der Waals surface area contributed by atoms with E-state index in [-0.39, 0.29) is 0 Å². The molecular formula is C13H22SSi. The molecule has 0 spiro atoms. The average molecular weight is 238 g/mol. The Labute approximate surface area is 101 Å². The lowest BCUT2D eigenvalue weighted by Crippen LogP contribution is -2.45. The molecule has 0 N–H and O–H groups in total. The summed E-state index contributed by atoms with van der Waals surface area (Å²) < 4.78 is 0. The highest BCUT2D eigenvalue weighted by molar-refractivity contribution is 7.79. The molecule has 0 amide bonds.